The summed E-state index contributed by atoms with van der Waals surface area (Å²) in [7, 11) is 2.06. The van der Waals surface area contributed by atoms with Gasteiger partial charge in [0.05, 0.1) is 7.05 Å². The van der Waals surface area contributed by atoms with E-state index in [1.54, 1.807) is 0 Å². The van der Waals surface area contributed by atoms with Crippen LogP contribution < -0.4 is 4.57 Å². The highest BCUT2D eigenvalue weighted by Gasteiger charge is 2.40. The summed E-state index contributed by atoms with van der Waals surface area (Å²) in [4.78, 5) is 0. The van der Waals surface area contributed by atoms with Crippen molar-refractivity contribution in [2.24, 2.45) is 23.8 Å². The van der Waals surface area contributed by atoms with Crippen molar-refractivity contribution < 1.29 is 4.57 Å². The second-order valence-corrected chi connectivity index (χ2v) is 9.65. The number of aromatic nitrogens is 2. The number of aryl methyl sites for hydroxylation is 1. The molecule has 0 aliphatic rings. The Kier molecular flexibility index (Phi) is 5.81. The van der Waals surface area contributed by atoms with Crippen LogP contribution in [0.2, 0.25) is 0 Å². The molecule has 0 saturated carbocycles. The predicted octanol–water partition coefficient (Wildman–Crippen LogP) is 5.56. The summed E-state index contributed by atoms with van der Waals surface area (Å²) in [6.07, 6.45) is 7.56. The molecule has 1 aromatic heterocycles. The van der Waals surface area contributed by atoms with Crippen LogP contribution in [0.4, 0.5) is 0 Å². The molecule has 2 rings (SSSR count). The largest absolute Gasteiger partial charge is 0.243 e. The molecule has 2 nitrogen and oxygen atoms in total. The van der Waals surface area contributed by atoms with Gasteiger partial charge in [-0.05, 0) is 40.2 Å². The third-order valence-electron chi connectivity index (χ3n) is 6.08. The predicted molar refractivity (Wildman–Crippen MR) is 107 cm³/mol. The Bertz CT molecular complexity index is 669. The van der Waals surface area contributed by atoms with Crippen molar-refractivity contribution in [1.82, 2.24) is 4.57 Å². The molecule has 138 valence electrons. The first-order valence-electron chi connectivity index (χ1n) is 9.60. The molecular formula is C23H37N2+. The lowest BCUT2D eigenvalue weighted by atomic mass is 9.59. The fourth-order valence-corrected chi connectivity index (χ4v) is 3.50. The first kappa shape index (κ1) is 19.8. The first-order chi connectivity index (χ1) is 11.5. The molecule has 2 aromatic rings. The zero-order valence-corrected chi connectivity index (χ0v) is 17.5. The lowest BCUT2D eigenvalue weighted by molar-refractivity contribution is -0.671. The van der Waals surface area contributed by atoms with Gasteiger partial charge in [0.2, 0.25) is 6.33 Å². The van der Waals surface area contributed by atoms with Gasteiger partial charge in [-0.1, -0.05) is 72.7 Å². The van der Waals surface area contributed by atoms with E-state index in [1.807, 2.05) is 0 Å². The molecule has 0 radical (unpaired) electrons. The summed E-state index contributed by atoms with van der Waals surface area (Å²) in [6, 6.07) is 9.33. The highest BCUT2D eigenvalue weighted by atomic mass is 15.1. The van der Waals surface area contributed by atoms with Crippen molar-refractivity contribution in [3.8, 4) is 0 Å². The summed E-state index contributed by atoms with van der Waals surface area (Å²) in [6.45, 7) is 17.6. The van der Waals surface area contributed by atoms with Gasteiger partial charge in [0.25, 0.3) is 0 Å². The van der Waals surface area contributed by atoms with E-state index >= 15 is 0 Å². The molecule has 1 unspecified atom stereocenters. The Morgan fingerprint density at radius 3 is 2.04 bits per heavy atom. The normalized spacial score (nSPS) is 14.1. The van der Waals surface area contributed by atoms with E-state index < -0.39 is 0 Å². The Hall–Kier alpha value is -1.57. The molecule has 0 aliphatic heterocycles. The molecule has 0 N–H and O–H groups in total. The average Bonchev–Trinajstić information content (AvgIpc) is 2.89. The fraction of sp³-hybridized carbons (Fsp3) is 0.609. The smallest absolute Gasteiger partial charge is 0.240 e. The molecule has 2 heteroatoms. The average molecular weight is 342 g/mol. The SMILES string of the molecule is CC(C)CC(c1ccc(Cn2cc[n+](C)c2)cc1)C(C)(C)C(C)(C)C. The molecule has 0 aliphatic carbocycles. The van der Waals surface area contributed by atoms with Crippen LogP contribution in [0.15, 0.2) is 43.0 Å². The number of benzene rings is 1. The van der Waals surface area contributed by atoms with Crippen molar-refractivity contribution in [2.45, 2.75) is 67.3 Å². The lowest BCUT2D eigenvalue weighted by Gasteiger charge is -2.46. The van der Waals surface area contributed by atoms with Crippen LogP contribution in [0.3, 0.4) is 0 Å². The van der Waals surface area contributed by atoms with Crippen LogP contribution in [0, 0.1) is 16.7 Å². The van der Waals surface area contributed by atoms with Gasteiger partial charge in [-0.2, -0.15) is 0 Å². The number of nitrogens with zero attached hydrogens (tertiary/aromatic N) is 2. The fourth-order valence-electron chi connectivity index (χ4n) is 3.50. The number of hydrogen-bond acceptors (Lipinski definition) is 0. The van der Waals surface area contributed by atoms with Gasteiger partial charge in [0.1, 0.15) is 18.9 Å². The van der Waals surface area contributed by atoms with Crippen molar-refractivity contribution >= 4 is 0 Å². The summed E-state index contributed by atoms with van der Waals surface area (Å²) in [5, 5.41) is 0. The number of rotatable bonds is 6. The van der Waals surface area contributed by atoms with E-state index in [4.69, 9.17) is 0 Å². The second kappa shape index (κ2) is 7.35. The van der Waals surface area contributed by atoms with Crippen molar-refractivity contribution in [3.05, 3.63) is 54.1 Å². The van der Waals surface area contributed by atoms with Gasteiger partial charge >= 0.3 is 0 Å². The zero-order valence-electron chi connectivity index (χ0n) is 17.5. The number of hydrogen-bond donors (Lipinski definition) is 0. The summed E-state index contributed by atoms with van der Waals surface area (Å²) in [5.41, 5.74) is 3.35. The minimum Gasteiger partial charge on any atom is -0.240 e. The Balaban J connectivity index is 2.26. The van der Waals surface area contributed by atoms with E-state index in [9.17, 15) is 0 Å². The van der Waals surface area contributed by atoms with E-state index in [0.29, 0.717) is 11.8 Å². The third-order valence-corrected chi connectivity index (χ3v) is 6.08. The Labute approximate surface area is 154 Å². The maximum atomic E-state index is 2.44. The molecular weight excluding hydrogens is 304 g/mol. The monoisotopic (exact) mass is 341 g/mol. The van der Waals surface area contributed by atoms with Gasteiger partial charge in [-0.3, -0.25) is 0 Å². The molecule has 0 saturated heterocycles. The third kappa shape index (κ3) is 4.74. The van der Waals surface area contributed by atoms with Crippen LogP contribution in [0.1, 0.15) is 71.9 Å². The van der Waals surface area contributed by atoms with E-state index in [2.05, 4.69) is 108 Å². The first-order valence-corrected chi connectivity index (χ1v) is 9.60. The topological polar surface area (TPSA) is 8.81 Å². The number of imidazole rings is 1. The quantitative estimate of drug-likeness (QED) is 0.608. The molecule has 25 heavy (non-hydrogen) atoms. The maximum absolute atomic E-state index is 2.44. The van der Waals surface area contributed by atoms with Gasteiger partial charge in [0.15, 0.2) is 0 Å². The minimum absolute atomic E-state index is 0.243. The van der Waals surface area contributed by atoms with Crippen molar-refractivity contribution in [2.75, 3.05) is 0 Å². The van der Waals surface area contributed by atoms with Crippen LogP contribution in [0.25, 0.3) is 0 Å². The highest BCUT2D eigenvalue weighted by molar-refractivity contribution is 5.27. The Morgan fingerprint density at radius 2 is 1.60 bits per heavy atom. The summed E-state index contributed by atoms with van der Waals surface area (Å²) < 4.78 is 4.30. The minimum atomic E-state index is 0.243. The second-order valence-electron chi connectivity index (χ2n) is 9.65. The van der Waals surface area contributed by atoms with Gasteiger partial charge in [-0.25, -0.2) is 9.13 Å². The maximum Gasteiger partial charge on any atom is 0.243 e. The molecule has 1 heterocycles. The zero-order chi connectivity index (χ0) is 18.8. The van der Waals surface area contributed by atoms with Crippen molar-refractivity contribution in [3.63, 3.8) is 0 Å². The van der Waals surface area contributed by atoms with E-state index in [0.717, 1.165) is 6.54 Å². The summed E-state index contributed by atoms with van der Waals surface area (Å²) >= 11 is 0. The van der Waals surface area contributed by atoms with Crippen LogP contribution in [-0.2, 0) is 13.6 Å². The molecule has 1 atom stereocenters. The van der Waals surface area contributed by atoms with Crippen LogP contribution >= 0.6 is 0 Å². The Morgan fingerprint density at radius 1 is 1.00 bits per heavy atom. The lowest BCUT2D eigenvalue weighted by Crippen LogP contribution is -2.36. The molecule has 0 spiro atoms. The molecule has 0 amide bonds. The van der Waals surface area contributed by atoms with E-state index in [-0.39, 0.29) is 10.8 Å². The molecule has 1 aromatic carbocycles. The van der Waals surface area contributed by atoms with Gasteiger partial charge in [-0.15, -0.1) is 0 Å². The van der Waals surface area contributed by atoms with Crippen LogP contribution in [0.5, 0.6) is 0 Å². The van der Waals surface area contributed by atoms with E-state index in [1.165, 1.54) is 17.5 Å². The van der Waals surface area contributed by atoms with Crippen molar-refractivity contribution in [1.29, 1.82) is 0 Å². The van der Waals surface area contributed by atoms with Gasteiger partial charge in [0, 0.05) is 0 Å². The molecule has 0 bridgehead atoms. The summed E-state index contributed by atoms with van der Waals surface area (Å²) in [5.74, 6) is 1.28. The van der Waals surface area contributed by atoms with Gasteiger partial charge < -0.3 is 0 Å². The standard InChI is InChI=1S/C23H37N2/c1-18(2)15-21(23(6,7)22(3,4)5)20-11-9-19(10-12-20)16-25-14-13-24(8)17-25/h9-14,17-18,21H,15-16H2,1-8H3/q+1. The molecule has 0 fully saturated rings. The highest BCUT2D eigenvalue weighted by Crippen LogP contribution is 2.51. The van der Waals surface area contributed by atoms with Crippen LogP contribution in [-0.4, -0.2) is 4.57 Å².